The minimum Gasteiger partial charge on any atom is -0.366 e. The SMILES string of the molecule is Cc1nc(NC2CCS(=O)(=O)C2)cc(N2CCN(C=O)CC2)n1. The van der Waals surface area contributed by atoms with Crippen LogP contribution in [0.5, 0.6) is 0 Å². The van der Waals surface area contributed by atoms with Crippen LogP contribution in [0.4, 0.5) is 11.6 Å². The number of rotatable bonds is 4. The number of carbonyl (C=O) groups excluding carboxylic acids is 1. The van der Waals surface area contributed by atoms with Crippen LogP contribution in [0.2, 0.25) is 0 Å². The average molecular weight is 339 g/mol. The molecular weight excluding hydrogens is 318 g/mol. The maximum absolute atomic E-state index is 11.6. The van der Waals surface area contributed by atoms with Gasteiger partial charge in [-0.3, -0.25) is 4.79 Å². The molecule has 0 aromatic carbocycles. The predicted octanol–water partition coefficient (Wildman–Crippen LogP) is -0.338. The number of nitrogens with zero attached hydrogens (tertiary/aromatic N) is 4. The molecule has 1 atom stereocenters. The number of amides is 1. The van der Waals surface area contributed by atoms with E-state index in [1.54, 1.807) is 4.90 Å². The largest absolute Gasteiger partial charge is 0.366 e. The lowest BCUT2D eigenvalue weighted by Gasteiger charge is -2.33. The molecule has 2 fully saturated rings. The number of nitrogens with one attached hydrogen (secondary N) is 1. The van der Waals surface area contributed by atoms with Crippen LogP contribution in [0, 0.1) is 6.92 Å². The van der Waals surface area contributed by atoms with Gasteiger partial charge in [0.2, 0.25) is 6.41 Å². The van der Waals surface area contributed by atoms with Gasteiger partial charge >= 0.3 is 0 Å². The van der Waals surface area contributed by atoms with Crippen molar-refractivity contribution in [1.82, 2.24) is 14.9 Å². The molecule has 0 spiro atoms. The molecule has 9 heteroatoms. The lowest BCUT2D eigenvalue weighted by atomic mass is 10.2. The number of hydrogen-bond acceptors (Lipinski definition) is 7. The fourth-order valence-corrected chi connectivity index (χ4v) is 4.64. The van der Waals surface area contributed by atoms with Gasteiger partial charge in [-0.25, -0.2) is 18.4 Å². The van der Waals surface area contributed by atoms with Crippen LogP contribution in [0.3, 0.4) is 0 Å². The third-order valence-electron chi connectivity index (χ3n) is 4.20. The maximum Gasteiger partial charge on any atom is 0.209 e. The van der Waals surface area contributed by atoms with Crippen LogP contribution in [0.15, 0.2) is 6.07 Å². The quantitative estimate of drug-likeness (QED) is 0.750. The summed E-state index contributed by atoms with van der Waals surface area (Å²) in [5.74, 6) is 2.50. The number of aryl methyl sites for hydroxylation is 1. The van der Waals surface area contributed by atoms with Crippen molar-refractivity contribution >= 4 is 27.9 Å². The van der Waals surface area contributed by atoms with Gasteiger partial charge in [-0.05, 0) is 13.3 Å². The van der Waals surface area contributed by atoms with E-state index in [9.17, 15) is 13.2 Å². The fraction of sp³-hybridized carbons (Fsp3) is 0.643. The van der Waals surface area contributed by atoms with Gasteiger partial charge in [0, 0.05) is 38.3 Å². The summed E-state index contributed by atoms with van der Waals surface area (Å²) >= 11 is 0. The van der Waals surface area contributed by atoms with Gasteiger partial charge in [0.1, 0.15) is 17.5 Å². The number of hydrogen-bond donors (Lipinski definition) is 1. The van der Waals surface area contributed by atoms with Crippen LogP contribution in [-0.4, -0.2) is 73.4 Å². The molecule has 126 valence electrons. The van der Waals surface area contributed by atoms with E-state index in [2.05, 4.69) is 20.2 Å². The Bertz CT molecular complexity index is 686. The molecule has 23 heavy (non-hydrogen) atoms. The second-order valence-electron chi connectivity index (χ2n) is 6.03. The molecule has 0 saturated carbocycles. The second-order valence-corrected chi connectivity index (χ2v) is 8.26. The summed E-state index contributed by atoms with van der Waals surface area (Å²) in [5, 5.41) is 3.21. The smallest absolute Gasteiger partial charge is 0.209 e. The first-order chi connectivity index (χ1) is 10.9. The number of carbonyl (C=O) groups is 1. The van der Waals surface area contributed by atoms with Crippen molar-refractivity contribution in [3.05, 3.63) is 11.9 Å². The Morgan fingerprint density at radius 1 is 1.26 bits per heavy atom. The molecular formula is C14H21N5O3S. The monoisotopic (exact) mass is 339 g/mol. The molecule has 2 aliphatic rings. The summed E-state index contributed by atoms with van der Waals surface area (Å²) in [6.07, 6.45) is 1.48. The first-order valence-corrected chi connectivity index (χ1v) is 9.54. The molecule has 0 bridgehead atoms. The van der Waals surface area contributed by atoms with Crippen molar-refractivity contribution in [1.29, 1.82) is 0 Å². The Labute approximate surface area is 135 Å². The number of aromatic nitrogens is 2. The summed E-state index contributed by atoms with van der Waals surface area (Å²) in [5.41, 5.74) is 0. The molecule has 8 nitrogen and oxygen atoms in total. The summed E-state index contributed by atoms with van der Waals surface area (Å²) in [6.45, 7) is 4.63. The molecule has 2 aliphatic heterocycles. The van der Waals surface area contributed by atoms with E-state index in [1.165, 1.54) is 0 Å². The average Bonchev–Trinajstić information content (AvgIpc) is 2.85. The Hall–Kier alpha value is -1.90. The Kier molecular flexibility index (Phi) is 4.38. The van der Waals surface area contributed by atoms with Gasteiger partial charge in [-0.1, -0.05) is 0 Å². The third-order valence-corrected chi connectivity index (χ3v) is 5.96. The van der Waals surface area contributed by atoms with Crippen molar-refractivity contribution in [2.45, 2.75) is 19.4 Å². The van der Waals surface area contributed by atoms with Gasteiger partial charge in [0.25, 0.3) is 0 Å². The zero-order valence-corrected chi connectivity index (χ0v) is 13.9. The number of sulfone groups is 1. The van der Waals surface area contributed by atoms with Crippen LogP contribution >= 0.6 is 0 Å². The van der Waals surface area contributed by atoms with Crippen LogP contribution in [0.1, 0.15) is 12.2 Å². The zero-order chi connectivity index (χ0) is 16.4. The van der Waals surface area contributed by atoms with Crippen molar-refractivity contribution in [3.8, 4) is 0 Å². The van der Waals surface area contributed by atoms with Gasteiger partial charge in [0.15, 0.2) is 9.84 Å². The van der Waals surface area contributed by atoms with Gasteiger partial charge in [-0.2, -0.15) is 0 Å². The fourth-order valence-electron chi connectivity index (χ4n) is 2.96. The van der Waals surface area contributed by atoms with Gasteiger partial charge < -0.3 is 15.1 Å². The van der Waals surface area contributed by atoms with Crippen LogP contribution < -0.4 is 10.2 Å². The predicted molar refractivity (Wildman–Crippen MR) is 87.3 cm³/mol. The molecule has 3 rings (SSSR count). The number of piperazine rings is 1. The van der Waals surface area contributed by atoms with Crippen molar-refractivity contribution in [3.63, 3.8) is 0 Å². The minimum atomic E-state index is -2.92. The molecule has 3 heterocycles. The summed E-state index contributed by atoms with van der Waals surface area (Å²) < 4.78 is 23.1. The normalized spacial score (nSPS) is 23.8. The topological polar surface area (TPSA) is 95.5 Å². The first kappa shape index (κ1) is 16.0. The summed E-state index contributed by atoms with van der Waals surface area (Å²) in [7, 11) is -2.92. The molecule has 1 unspecified atom stereocenters. The molecule has 1 aromatic heterocycles. The van der Waals surface area contributed by atoms with Gasteiger partial charge in [0.05, 0.1) is 11.5 Å². The highest BCUT2D eigenvalue weighted by Gasteiger charge is 2.28. The van der Waals surface area contributed by atoms with E-state index in [0.717, 1.165) is 25.3 Å². The maximum atomic E-state index is 11.6. The Morgan fingerprint density at radius 2 is 2.00 bits per heavy atom. The van der Waals surface area contributed by atoms with E-state index in [0.29, 0.717) is 31.2 Å². The highest BCUT2D eigenvalue weighted by Crippen LogP contribution is 2.21. The van der Waals surface area contributed by atoms with Crippen LogP contribution in [-0.2, 0) is 14.6 Å². The molecule has 1 aromatic rings. The first-order valence-electron chi connectivity index (χ1n) is 7.72. The Morgan fingerprint density at radius 3 is 2.61 bits per heavy atom. The van der Waals surface area contributed by atoms with Crippen molar-refractivity contribution < 1.29 is 13.2 Å². The van der Waals surface area contributed by atoms with Crippen molar-refractivity contribution in [2.24, 2.45) is 0 Å². The molecule has 0 aliphatic carbocycles. The lowest BCUT2D eigenvalue weighted by molar-refractivity contribution is -0.118. The van der Waals surface area contributed by atoms with E-state index >= 15 is 0 Å². The van der Waals surface area contributed by atoms with E-state index in [4.69, 9.17) is 0 Å². The van der Waals surface area contributed by atoms with E-state index in [-0.39, 0.29) is 17.5 Å². The molecule has 0 radical (unpaired) electrons. The lowest BCUT2D eigenvalue weighted by Crippen LogP contribution is -2.46. The highest BCUT2D eigenvalue weighted by molar-refractivity contribution is 7.91. The number of anilines is 2. The van der Waals surface area contributed by atoms with Crippen molar-refractivity contribution in [2.75, 3.05) is 47.9 Å². The standard InChI is InChI=1S/C14H21N5O3S/c1-11-15-13(17-12-2-7-23(21,22)9-12)8-14(16-11)19-5-3-18(10-20)4-6-19/h8,10,12H,2-7,9H2,1H3,(H,15,16,17). The molecule has 1 amide bonds. The van der Waals surface area contributed by atoms with E-state index < -0.39 is 9.84 Å². The van der Waals surface area contributed by atoms with Gasteiger partial charge in [-0.15, -0.1) is 0 Å². The van der Waals surface area contributed by atoms with E-state index in [1.807, 2.05) is 13.0 Å². The summed E-state index contributed by atoms with van der Waals surface area (Å²) in [6, 6.07) is 1.77. The minimum absolute atomic E-state index is 0.0888. The highest BCUT2D eigenvalue weighted by atomic mass is 32.2. The second kappa shape index (κ2) is 6.31. The Balaban J connectivity index is 1.71. The summed E-state index contributed by atoms with van der Waals surface area (Å²) in [4.78, 5) is 23.5. The van der Waals surface area contributed by atoms with Crippen LogP contribution in [0.25, 0.3) is 0 Å². The third kappa shape index (κ3) is 3.90. The zero-order valence-electron chi connectivity index (χ0n) is 13.1. The molecule has 1 N–H and O–H groups in total. The molecule has 2 saturated heterocycles.